The number of hydrogen-bond donors (Lipinski definition) is 1. The van der Waals surface area contributed by atoms with Crippen LogP contribution in [0.25, 0.3) is 0 Å². The molecule has 1 aliphatic heterocycles. The van der Waals surface area contributed by atoms with Crippen molar-refractivity contribution in [3.8, 4) is 0 Å². The predicted octanol–water partition coefficient (Wildman–Crippen LogP) is 1.73. The fraction of sp³-hybridized carbons (Fsp3) is 0.538. The molecule has 3 rings (SSSR count). The fourth-order valence-corrected chi connectivity index (χ4v) is 2.38. The van der Waals surface area contributed by atoms with E-state index >= 15 is 0 Å². The largest absolute Gasteiger partial charge is 0.396 e. The first kappa shape index (κ1) is 10.3. The molecule has 1 saturated heterocycles. The van der Waals surface area contributed by atoms with E-state index in [0.717, 1.165) is 12.0 Å². The molecule has 3 nitrogen and oxygen atoms in total. The molecule has 2 aliphatic rings. The molecule has 2 fully saturated rings. The molecule has 0 spiro atoms. The Morgan fingerprint density at radius 2 is 2.06 bits per heavy atom. The highest BCUT2D eigenvalue weighted by Gasteiger charge is 2.55. The number of hydrogen-bond acceptors (Lipinski definition) is 3. The van der Waals surface area contributed by atoms with Gasteiger partial charge in [-0.1, -0.05) is 30.3 Å². The summed E-state index contributed by atoms with van der Waals surface area (Å²) in [4.78, 5) is 0. The molecule has 0 radical (unpaired) electrons. The predicted molar refractivity (Wildman–Crippen MR) is 58.7 cm³/mol. The molecule has 1 aliphatic carbocycles. The van der Waals surface area contributed by atoms with Crippen LogP contribution >= 0.6 is 0 Å². The van der Waals surface area contributed by atoms with E-state index in [1.54, 1.807) is 0 Å². The first-order chi connectivity index (χ1) is 7.84. The number of aliphatic hydroxyl groups excluding tert-OH is 1. The zero-order chi connectivity index (χ0) is 11.0. The average Bonchev–Trinajstić information content (AvgIpc) is 3.04. The van der Waals surface area contributed by atoms with E-state index < -0.39 is 0 Å². The van der Waals surface area contributed by atoms with E-state index in [4.69, 9.17) is 9.47 Å². The van der Waals surface area contributed by atoms with Crippen LogP contribution in [0.3, 0.4) is 0 Å². The Morgan fingerprint density at radius 3 is 2.81 bits per heavy atom. The number of aliphatic hydroxyl groups is 1. The number of rotatable bonds is 2. The highest BCUT2D eigenvalue weighted by molar-refractivity contribution is 5.16. The SMILES string of the molecule is OC[C@@]12COC(c3ccccc3)OC[C@@H]1C2. The third kappa shape index (κ3) is 1.65. The summed E-state index contributed by atoms with van der Waals surface area (Å²) in [6.07, 6.45) is 0.766. The molecule has 0 amide bonds. The van der Waals surface area contributed by atoms with E-state index in [0.29, 0.717) is 19.1 Å². The summed E-state index contributed by atoms with van der Waals surface area (Å²) in [7, 11) is 0. The van der Waals surface area contributed by atoms with E-state index in [9.17, 15) is 5.11 Å². The Hall–Kier alpha value is -0.900. The van der Waals surface area contributed by atoms with Gasteiger partial charge in [0.15, 0.2) is 6.29 Å². The van der Waals surface area contributed by atoms with Crippen LogP contribution < -0.4 is 0 Å². The van der Waals surface area contributed by atoms with Crippen molar-refractivity contribution in [3.63, 3.8) is 0 Å². The van der Waals surface area contributed by atoms with Gasteiger partial charge in [-0.05, 0) is 12.3 Å². The maximum atomic E-state index is 9.34. The third-order valence-electron chi connectivity index (χ3n) is 3.72. The van der Waals surface area contributed by atoms with Crippen molar-refractivity contribution in [1.82, 2.24) is 0 Å². The molecule has 1 saturated carbocycles. The Labute approximate surface area is 95.0 Å². The van der Waals surface area contributed by atoms with E-state index in [1.807, 2.05) is 30.3 Å². The lowest BCUT2D eigenvalue weighted by molar-refractivity contribution is -0.143. The molecule has 1 aromatic carbocycles. The molecular weight excluding hydrogens is 204 g/mol. The smallest absolute Gasteiger partial charge is 0.183 e. The summed E-state index contributed by atoms with van der Waals surface area (Å²) >= 11 is 0. The van der Waals surface area contributed by atoms with Gasteiger partial charge in [-0.25, -0.2) is 0 Å². The normalized spacial score (nSPS) is 37.6. The quantitative estimate of drug-likeness (QED) is 0.825. The van der Waals surface area contributed by atoms with Crippen molar-refractivity contribution < 1.29 is 14.6 Å². The lowest BCUT2D eigenvalue weighted by Crippen LogP contribution is -2.17. The second kappa shape index (κ2) is 3.84. The molecule has 1 heterocycles. The minimum absolute atomic E-state index is 0.0104. The van der Waals surface area contributed by atoms with Gasteiger partial charge < -0.3 is 14.6 Å². The first-order valence-corrected chi connectivity index (χ1v) is 5.73. The van der Waals surface area contributed by atoms with Gasteiger partial charge in [-0.3, -0.25) is 0 Å². The van der Waals surface area contributed by atoms with Crippen molar-refractivity contribution >= 4 is 0 Å². The van der Waals surface area contributed by atoms with Crippen molar-refractivity contribution in [2.45, 2.75) is 12.7 Å². The average molecular weight is 220 g/mol. The minimum atomic E-state index is -0.266. The minimum Gasteiger partial charge on any atom is -0.396 e. The van der Waals surface area contributed by atoms with Crippen LogP contribution in [0, 0.1) is 11.3 Å². The fourth-order valence-electron chi connectivity index (χ4n) is 2.38. The molecule has 3 heteroatoms. The maximum Gasteiger partial charge on any atom is 0.183 e. The topological polar surface area (TPSA) is 38.7 Å². The van der Waals surface area contributed by atoms with Gasteiger partial charge in [0, 0.05) is 11.0 Å². The summed E-state index contributed by atoms with van der Waals surface area (Å²) < 4.78 is 11.5. The van der Waals surface area contributed by atoms with Crippen LogP contribution in [0.15, 0.2) is 30.3 Å². The summed E-state index contributed by atoms with van der Waals surface area (Å²) in [5, 5.41) is 9.34. The Bertz CT molecular complexity index is 365. The summed E-state index contributed by atoms with van der Waals surface area (Å²) in [5.74, 6) is 0.478. The van der Waals surface area contributed by atoms with Crippen molar-refractivity contribution in [2.24, 2.45) is 11.3 Å². The summed E-state index contributed by atoms with van der Waals surface area (Å²) in [6.45, 7) is 1.51. The van der Waals surface area contributed by atoms with E-state index in [1.165, 1.54) is 0 Å². The number of ether oxygens (including phenoxy) is 2. The molecule has 1 N–H and O–H groups in total. The zero-order valence-electron chi connectivity index (χ0n) is 9.13. The first-order valence-electron chi connectivity index (χ1n) is 5.73. The lowest BCUT2D eigenvalue weighted by Gasteiger charge is -2.18. The highest BCUT2D eigenvalue weighted by atomic mass is 16.7. The monoisotopic (exact) mass is 220 g/mol. The molecule has 86 valence electrons. The van der Waals surface area contributed by atoms with Crippen molar-refractivity contribution in [1.29, 1.82) is 0 Å². The van der Waals surface area contributed by atoms with Gasteiger partial charge in [-0.15, -0.1) is 0 Å². The van der Waals surface area contributed by atoms with Crippen LogP contribution in [0.2, 0.25) is 0 Å². The van der Waals surface area contributed by atoms with Crippen molar-refractivity contribution in [3.05, 3.63) is 35.9 Å². The molecule has 3 atom stereocenters. The van der Waals surface area contributed by atoms with Crippen molar-refractivity contribution in [2.75, 3.05) is 19.8 Å². The Balaban J connectivity index is 1.72. The van der Waals surface area contributed by atoms with Gasteiger partial charge in [0.2, 0.25) is 0 Å². The van der Waals surface area contributed by atoms with Gasteiger partial charge in [0.1, 0.15) is 0 Å². The van der Waals surface area contributed by atoms with Gasteiger partial charge in [0.25, 0.3) is 0 Å². The van der Waals surface area contributed by atoms with Crippen LogP contribution in [0.1, 0.15) is 18.3 Å². The maximum absolute atomic E-state index is 9.34. The van der Waals surface area contributed by atoms with Gasteiger partial charge in [0.05, 0.1) is 19.8 Å². The van der Waals surface area contributed by atoms with E-state index in [-0.39, 0.29) is 18.3 Å². The summed E-state index contributed by atoms with van der Waals surface area (Å²) in [5.41, 5.74) is 1.04. The molecule has 16 heavy (non-hydrogen) atoms. The summed E-state index contributed by atoms with van der Waals surface area (Å²) in [6, 6.07) is 9.96. The number of benzene rings is 1. The second-order valence-electron chi connectivity index (χ2n) is 4.81. The molecule has 0 bridgehead atoms. The Morgan fingerprint density at radius 1 is 1.25 bits per heavy atom. The highest BCUT2D eigenvalue weighted by Crippen LogP contribution is 2.54. The van der Waals surface area contributed by atoms with Crippen LogP contribution in [-0.4, -0.2) is 24.9 Å². The lowest BCUT2D eigenvalue weighted by atomic mass is 10.1. The van der Waals surface area contributed by atoms with Crippen LogP contribution in [0.4, 0.5) is 0 Å². The van der Waals surface area contributed by atoms with E-state index in [2.05, 4.69) is 0 Å². The molecule has 1 unspecified atom stereocenters. The van der Waals surface area contributed by atoms with Gasteiger partial charge in [-0.2, -0.15) is 0 Å². The second-order valence-corrected chi connectivity index (χ2v) is 4.81. The zero-order valence-corrected chi connectivity index (χ0v) is 9.13. The van der Waals surface area contributed by atoms with Crippen LogP contribution in [0.5, 0.6) is 0 Å². The number of fused-ring (bicyclic) bond motifs is 1. The third-order valence-corrected chi connectivity index (χ3v) is 3.72. The molecule has 1 aromatic rings. The van der Waals surface area contributed by atoms with Gasteiger partial charge >= 0.3 is 0 Å². The Kier molecular flexibility index (Phi) is 2.46. The molecule has 0 aromatic heterocycles. The standard InChI is InChI=1S/C13H16O3/c14-8-13-6-11(13)7-15-12(16-9-13)10-4-2-1-3-5-10/h1-5,11-12,14H,6-9H2/t11-,12?,13-/m0/s1. The molecular formula is C13H16O3. The van der Waals surface area contributed by atoms with Crippen LogP contribution in [-0.2, 0) is 9.47 Å².